The monoisotopic (exact) mass is 309 g/mol. The van der Waals surface area contributed by atoms with Crippen LogP contribution in [0.25, 0.3) is 10.9 Å². The van der Waals surface area contributed by atoms with E-state index in [9.17, 15) is 9.90 Å². The Bertz CT molecular complexity index is 852. The van der Waals surface area contributed by atoms with Crippen LogP contribution in [0.5, 0.6) is 0 Å². The lowest BCUT2D eigenvalue weighted by molar-refractivity contribution is 0.0697. The molecule has 2 heterocycles. The van der Waals surface area contributed by atoms with E-state index in [1.165, 1.54) is 6.07 Å². The van der Waals surface area contributed by atoms with Crippen molar-refractivity contribution in [3.05, 3.63) is 54.4 Å². The summed E-state index contributed by atoms with van der Waals surface area (Å²) in [6.45, 7) is 5.30. The molecule has 2 aromatic heterocycles. The number of hydrogen-bond donors (Lipinski definition) is 2. The van der Waals surface area contributed by atoms with Gasteiger partial charge in [0.1, 0.15) is 11.4 Å². The topological polar surface area (TPSA) is 67.2 Å². The minimum atomic E-state index is -0.995. The minimum absolute atomic E-state index is 0.158. The number of fused-ring (bicyclic) bond motifs is 1. The zero-order valence-corrected chi connectivity index (χ0v) is 13.2. The molecular formula is C18H19N3O2. The molecular weight excluding hydrogens is 290 g/mol. The van der Waals surface area contributed by atoms with Crippen LogP contribution in [0.1, 0.15) is 24.2 Å². The Labute approximate surface area is 134 Å². The van der Waals surface area contributed by atoms with E-state index in [4.69, 9.17) is 0 Å². The maximum Gasteiger partial charge on any atom is 0.339 e. The van der Waals surface area contributed by atoms with Gasteiger partial charge in [0.25, 0.3) is 0 Å². The number of carboxylic acid groups (broad SMARTS) is 1. The fraction of sp³-hybridized carbons (Fsp3) is 0.222. The van der Waals surface area contributed by atoms with E-state index in [0.717, 1.165) is 23.1 Å². The second-order valence-corrected chi connectivity index (χ2v) is 5.97. The van der Waals surface area contributed by atoms with Gasteiger partial charge in [0, 0.05) is 24.6 Å². The maximum atomic E-state index is 11.3. The van der Waals surface area contributed by atoms with Crippen LogP contribution in [-0.2, 0) is 6.54 Å². The first-order valence-electron chi connectivity index (χ1n) is 7.59. The average molecular weight is 309 g/mol. The Balaban J connectivity index is 1.96. The van der Waals surface area contributed by atoms with E-state index in [1.54, 1.807) is 12.3 Å². The lowest BCUT2D eigenvalue weighted by Crippen LogP contribution is -2.05. The maximum absolute atomic E-state index is 11.3. The van der Waals surface area contributed by atoms with Crippen molar-refractivity contribution in [3.8, 4) is 0 Å². The van der Waals surface area contributed by atoms with Crippen LogP contribution < -0.4 is 5.32 Å². The van der Waals surface area contributed by atoms with Crippen LogP contribution in [0.4, 0.5) is 11.5 Å². The fourth-order valence-corrected chi connectivity index (χ4v) is 2.63. The van der Waals surface area contributed by atoms with Crippen molar-refractivity contribution in [2.24, 2.45) is 5.92 Å². The van der Waals surface area contributed by atoms with Gasteiger partial charge < -0.3 is 15.0 Å². The zero-order chi connectivity index (χ0) is 16.4. The molecule has 0 aliphatic heterocycles. The molecule has 118 valence electrons. The summed E-state index contributed by atoms with van der Waals surface area (Å²) in [4.78, 5) is 15.4. The number of carbonyl (C=O) groups is 1. The highest BCUT2D eigenvalue weighted by atomic mass is 16.4. The Hall–Kier alpha value is -2.82. The predicted octanol–water partition coefficient (Wildman–Crippen LogP) is 4.13. The molecule has 23 heavy (non-hydrogen) atoms. The van der Waals surface area contributed by atoms with Gasteiger partial charge in [-0.05, 0) is 41.6 Å². The van der Waals surface area contributed by atoms with Crippen LogP contribution in [0.15, 0.2) is 48.8 Å². The molecule has 0 fully saturated rings. The van der Waals surface area contributed by atoms with Gasteiger partial charge in [-0.15, -0.1) is 0 Å². The highest BCUT2D eigenvalue weighted by Crippen LogP contribution is 2.24. The van der Waals surface area contributed by atoms with Gasteiger partial charge in [-0.3, -0.25) is 0 Å². The van der Waals surface area contributed by atoms with Crippen LogP contribution in [0, 0.1) is 5.92 Å². The molecule has 3 aromatic rings. The molecule has 0 aliphatic carbocycles. The lowest BCUT2D eigenvalue weighted by atomic mass is 10.2. The first-order valence-corrected chi connectivity index (χ1v) is 7.59. The van der Waals surface area contributed by atoms with Crippen LogP contribution in [-0.4, -0.2) is 20.6 Å². The highest BCUT2D eigenvalue weighted by molar-refractivity contribution is 5.94. The second kappa shape index (κ2) is 6.12. The third-order valence-electron chi connectivity index (χ3n) is 3.64. The van der Waals surface area contributed by atoms with Crippen LogP contribution >= 0.6 is 0 Å². The predicted molar refractivity (Wildman–Crippen MR) is 91.3 cm³/mol. The molecule has 0 spiro atoms. The van der Waals surface area contributed by atoms with Gasteiger partial charge in [-0.2, -0.15) is 0 Å². The van der Waals surface area contributed by atoms with Gasteiger partial charge >= 0.3 is 5.97 Å². The number of rotatable bonds is 5. The fourth-order valence-electron chi connectivity index (χ4n) is 2.63. The standard InChI is InChI=1S/C18H19N3O2/c1-12(2)11-21-9-7-13-5-6-14(10-16(13)21)20-17-15(18(22)23)4-3-8-19-17/h3-10,12H,11H2,1-2H3,(H,19,20)(H,22,23). The number of benzene rings is 1. The summed E-state index contributed by atoms with van der Waals surface area (Å²) in [5.41, 5.74) is 2.10. The van der Waals surface area contributed by atoms with E-state index >= 15 is 0 Å². The van der Waals surface area contributed by atoms with Crippen molar-refractivity contribution in [2.45, 2.75) is 20.4 Å². The zero-order valence-electron chi connectivity index (χ0n) is 13.2. The average Bonchev–Trinajstić information content (AvgIpc) is 2.89. The van der Waals surface area contributed by atoms with Gasteiger partial charge in [-0.1, -0.05) is 19.9 Å². The van der Waals surface area contributed by atoms with E-state index in [0.29, 0.717) is 11.7 Å². The van der Waals surface area contributed by atoms with E-state index in [-0.39, 0.29) is 5.56 Å². The third-order valence-corrected chi connectivity index (χ3v) is 3.64. The van der Waals surface area contributed by atoms with E-state index in [2.05, 4.69) is 41.0 Å². The number of hydrogen-bond acceptors (Lipinski definition) is 3. The molecule has 0 saturated carbocycles. The number of aromatic carboxylic acids is 1. The summed E-state index contributed by atoms with van der Waals surface area (Å²) in [7, 11) is 0. The van der Waals surface area contributed by atoms with Gasteiger partial charge in [-0.25, -0.2) is 9.78 Å². The van der Waals surface area contributed by atoms with E-state index in [1.807, 2.05) is 18.2 Å². The highest BCUT2D eigenvalue weighted by Gasteiger charge is 2.11. The summed E-state index contributed by atoms with van der Waals surface area (Å²) < 4.78 is 2.21. The van der Waals surface area contributed by atoms with Crippen molar-refractivity contribution < 1.29 is 9.90 Å². The largest absolute Gasteiger partial charge is 0.478 e. The molecule has 3 rings (SSSR count). The quantitative estimate of drug-likeness (QED) is 0.743. The summed E-state index contributed by atoms with van der Waals surface area (Å²) in [6, 6.07) is 11.2. The molecule has 5 heteroatoms. The molecule has 0 amide bonds. The number of nitrogens with one attached hydrogen (secondary N) is 1. The molecule has 0 atom stereocenters. The summed E-state index contributed by atoms with van der Waals surface area (Å²) >= 11 is 0. The van der Waals surface area contributed by atoms with Crippen molar-refractivity contribution in [1.82, 2.24) is 9.55 Å². The normalized spacial score (nSPS) is 11.1. The van der Waals surface area contributed by atoms with Gasteiger partial charge in [0.2, 0.25) is 0 Å². The van der Waals surface area contributed by atoms with Crippen molar-refractivity contribution in [2.75, 3.05) is 5.32 Å². The Morgan fingerprint density at radius 3 is 2.87 bits per heavy atom. The first-order chi connectivity index (χ1) is 11.0. The molecule has 0 radical (unpaired) electrons. The van der Waals surface area contributed by atoms with Crippen molar-refractivity contribution in [3.63, 3.8) is 0 Å². The lowest BCUT2D eigenvalue weighted by Gasteiger charge is -2.11. The molecule has 2 N–H and O–H groups in total. The first kappa shape index (κ1) is 15.1. The molecule has 5 nitrogen and oxygen atoms in total. The second-order valence-electron chi connectivity index (χ2n) is 5.97. The Morgan fingerprint density at radius 1 is 1.30 bits per heavy atom. The van der Waals surface area contributed by atoms with Crippen molar-refractivity contribution >= 4 is 28.4 Å². The minimum Gasteiger partial charge on any atom is -0.478 e. The Kier molecular flexibility index (Phi) is 4.02. The smallest absolute Gasteiger partial charge is 0.339 e. The van der Waals surface area contributed by atoms with Gasteiger partial charge in [0.05, 0.1) is 5.52 Å². The van der Waals surface area contributed by atoms with Crippen LogP contribution in [0.3, 0.4) is 0 Å². The molecule has 0 bridgehead atoms. The number of carboxylic acids is 1. The summed E-state index contributed by atoms with van der Waals surface area (Å²) in [6.07, 6.45) is 3.66. The van der Waals surface area contributed by atoms with Crippen LogP contribution in [0.2, 0.25) is 0 Å². The Morgan fingerprint density at radius 2 is 2.13 bits per heavy atom. The SMILES string of the molecule is CC(C)Cn1ccc2ccc(Nc3ncccc3C(=O)O)cc21. The summed E-state index contributed by atoms with van der Waals surface area (Å²) in [5, 5.41) is 13.5. The molecule has 0 aliphatic rings. The number of anilines is 2. The van der Waals surface area contributed by atoms with E-state index < -0.39 is 5.97 Å². The van der Waals surface area contributed by atoms with Crippen molar-refractivity contribution in [1.29, 1.82) is 0 Å². The third kappa shape index (κ3) is 3.18. The number of aromatic nitrogens is 2. The number of pyridine rings is 1. The number of nitrogens with zero attached hydrogens (tertiary/aromatic N) is 2. The molecule has 1 aromatic carbocycles. The molecule has 0 saturated heterocycles. The van der Waals surface area contributed by atoms with Gasteiger partial charge in [0.15, 0.2) is 0 Å². The summed E-state index contributed by atoms with van der Waals surface area (Å²) in [5.74, 6) is -0.0946. The molecule has 0 unspecified atom stereocenters.